The molecule has 0 amide bonds. The Labute approximate surface area is 90.7 Å². The second-order valence-electron chi connectivity index (χ2n) is 3.37. The second kappa shape index (κ2) is 3.24. The molecule has 0 radical (unpaired) electrons. The fraction of sp³-hybridized carbons (Fsp3) is 0.182. The van der Waals surface area contributed by atoms with Crippen LogP contribution in [0.5, 0.6) is 5.75 Å². The molecule has 1 aromatic heterocycles. The lowest BCUT2D eigenvalue weighted by atomic mass is 10.1. The minimum atomic E-state index is 0.256. The van der Waals surface area contributed by atoms with Gasteiger partial charge in [0.05, 0.1) is 9.99 Å². The molecule has 0 fully saturated rings. The number of aryl methyl sites for hydroxylation is 2. The molecule has 0 aliphatic carbocycles. The molecule has 2 rings (SSSR count). The third-order valence-electron chi connectivity index (χ3n) is 2.22. The molecule has 1 N–H and O–H groups in total. The van der Waals surface area contributed by atoms with Crippen molar-refractivity contribution in [3.63, 3.8) is 0 Å². The lowest BCUT2D eigenvalue weighted by molar-refractivity contribution is 0.473. The number of phenols is 1. The predicted molar refractivity (Wildman–Crippen MR) is 60.6 cm³/mol. The van der Waals surface area contributed by atoms with Gasteiger partial charge in [0.2, 0.25) is 0 Å². The summed E-state index contributed by atoms with van der Waals surface area (Å²) < 4.78 is 0.722. The molecule has 0 atom stereocenters. The Bertz CT molecular complexity index is 508. The smallest absolute Gasteiger partial charge is 0.130 e. The number of aromatic hydroxyl groups is 1. The van der Waals surface area contributed by atoms with E-state index in [-0.39, 0.29) is 5.75 Å². The van der Waals surface area contributed by atoms with Crippen molar-refractivity contribution in [2.24, 2.45) is 0 Å². The van der Waals surface area contributed by atoms with Crippen LogP contribution in [0.15, 0.2) is 22.7 Å². The van der Waals surface area contributed by atoms with Crippen LogP contribution in [0.2, 0.25) is 0 Å². The normalized spacial score (nSPS) is 10.8. The minimum absolute atomic E-state index is 0.256. The summed E-state index contributed by atoms with van der Waals surface area (Å²) >= 11 is 3.37. The van der Waals surface area contributed by atoms with Gasteiger partial charge in [-0.05, 0) is 53.5 Å². The molecule has 14 heavy (non-hydrogen) atoms. The zero-order valence-corrected chi connectivity index (χ0v) is 9.59. The number of nitrogens with zero attached hydrogens (tertiary/aromatic N) is 1. The highest BCUT2D eigenvalue weighted by Crippen LogP contribution is 2.33. The zero-order chi connectivity index (χ0) is 10.3. The Kier molecular flexibility index (Phi) is 2.19. The Morgan fingerprint density at radius 2 is 2.00 bits per heavy atom. The number of benzene rings is 1. The second-order valence-corrected chi connectivity index (χ2v) is 4.17. The van der Waals surface area contributed by atoms with Crippen LogP contribution >= 0.6 is 15.9 Å². The van der Waals surface area contributed by atoms with Crippen molar-refractivity contribution < 1.29 is 5.11 Å². The predicted octanol–water partition coefficient (Wildman–Crippen LogP) is 3.32. The van der Waals surface area contributed by atoms with E-state index in [0.29, 0.717) is 0 Å². The monoisotopic (exact) mass is 251 g/mol. The maximum atomic E-state index is 9.54. The first-order valence-electron chi connectivity index (χ1n) is 4.35. The van der Waals surface area contributed by atoms with Crippen LogP contribution in [0.1, 0.15) is 11.3 Å². The summed E-state index contributed by atoms with van der Waals surface area (Å²) in [5.41, 5.74) is 3.02. The van der Waals surface area contributed by atoms with Crippen molar-refractivity contribution in [3.8, 4) is 5.75 Å². The van der Waals surface area contributed by atoms with Gasteiger partial charge in [-0.3, -0.25) is 4.98 Å². The molecule has 0 saturated carbocycles. The van der Waals surface area contributed by atoms with Crippen LogP contribution in [0, 0.1) is 13.8 Å². The lowest BCUT2D eigenvalue weighted by Gasteiger charge is -2.06. The molecule has 1 aromatic carbocycles. The van der Waals surface area contributed by atoms with Crippen LogP contribution in [0.3, 0.4) is 0 Å². The van der Waals surface area contributed by atoms with E-state index in [0.717, 1.165) is 26.6 Å². The quantitative estimate of drug-likeness (QED) is 0.780. The van der Waals surface area contributed by atoms with Gasteiger partial charge in [0, 0.05) is 11.1 Å². The molecule has 0 saturated heterocycles. The largest absolute Gasteiger partial charge is 0.507 e. The third-order valence-corrected chi connectivity index (χ3v) is 3.02. The average molecular weight is 252 g/mol. The summed E-state index contributed by atoms with van der Waals surface area (Å²) in [5.74, 6) is 0.256. The van der Waals surface area contributed by atoms with E-state index in [1.165, 1.54) is 0 Å². The van der Waals surface area contributed by atoms with Gasteiger partial charge in [0.25, 0.3) is 0 Å². The van der Waals surface area contributed by atoms with Gasteiger partial charge in [0.1, 0.15) is 5.75 Å². The molecule has 3 heteroatoms. The van der Waals surface area contributed by atoms with Crippen molar-refractivity contribution >= 4 is 26.8 Å². The van der Waals surface area contributed by atoms with Gasteiger partial charge in [-0.25, -0.2) is 0 Å². The maximum Gasteiger partial charge on any atom is 0.130 e. The Morgan fingerprint density at radius 3 is 2.71 bits per heavy atom. The minimum Gasteiger partial charge on any atom is -0.507 e. The number of aromatic nitrogens is 1. The van der Waals surface area contributed by atoms with Crippen LogP contribution in [0.25, 0.3) is 10.9 Å². The van der Waals surface area contributed by atoms with Gasteiger partial charge in [-0.1, -0.05) is 0 Å². The summed E-state index contributed by atoms with van der Waals surface area (Å²) in [4.78, 5) is 4.40. The SMILES string of the molecule is Cc1cc(C)c2c(Br)c(O)ccc2n1. The fourth-order valence-corrected chi connectivity index (χ4v) is 2.28. The number of hydrogen-bond acceptors (Lipinski definition) is 2. The molecule has 0 spiro atoms. The van der Waals surface area contributed by atoms with E-state index in [9.17, 15) is 5.11 Å². The van der Waals surface area contributed by atoms with Gasteiger partial charge in [-0.15, -0.1) is 0 Å². The van der Waals surface area contributed by atoms with Crippen LogP contribution in [0.4, 0.5) is 0 Å². The summed E-state index contributed by atoms with van der Waals surface area (Å²) in [5, 5.41) is 10.5. The molecule has 0 bridgehead atoms. The summed E-state index contributed by atoms with van der Waals surface area (Å²) in [6.07, 6.45) is 0. The van der Waals surface area contributed by atoms with Crippen molar-refractivity contribution in [2.75, 3.05) is 0 Å². The van der Waals surface area contributed by atoms with Gasteiger partial charge in [0.15, 0.2) is 0 Å². The number of halogens is 1. The summed E-state index contributed by atoms with van der Waals surface area (Å²) in [7, 11) is 0. The zero-order valence-electron chi connectivity index (χ0n) is 8.00. The van der Waals surface area contributed by atoms with Crippen molar-refractivity contribution in [1.82, 2.24) is 4.98 Å². The molecule has 72 valence electrons. The molecule has 0 unspecified atom stereocenters. The standard InChI is InChI=1S/C11H10BrNO/c1-6-5-7(2)13-8-3-4-9(14)11(12)10(6)8/h3-5,14H,1-2H3. The first-order valence-corrected chi connectivity index (χ1v) is 5.14. The van der Waals surface area contributed by atoms with Crippen molar-refractivity contribution in [1.29, 1.82) is 0 Å². The van der Waals surface area contributed by atoms with E-state index in [1.807, 2.05) is 26.0 Å². The first kappa shape index (κ1) is 9.46. The number of phenolic OH excluding ortho intramolecular Hbond substituents is 1. The van der Waals surface area contributed by atoms with Gasteiger partial charge in [-0.2, -0.15) is 0 Å². The van der Waals surface area contributed by atoms with Gasteiger partial charge >= 0.3 is 0 Å². The molecule has 0 aliphatic rings. The highest BCUT2D eigenvalue weighted by Gasteiger charge is 2.07. The highest BCUT2D eigenvalue weighted by atomic mass is 79.9. The average Bonchev–Trinajstić information content (AvgIpc) is 2.10. The maximum absolute atomic E-state index is 9.54. The number of rotatable bonds is 0. The van der Waals surface area contributed by atoms with E-state index < -0.39 is 0 Å². The van der Waals surface area contributed by atoms with Crippen molar-refractivity contribution in [2.45, 2.75) is 13.8 Å². The molecular weight excluding hydrogens is 242 g/mol. The summed E-state index contributed by atoms with van der Waals surface area (Å²) in [6.45, 7) is 3.98. The fourth-order valence-electron chi connectivity index (χ4n) is 1.63. The van der Waals surface area contributed by atoms with E-state index >= 15 is 0 Å². The Balaban J connectivity index is 2.95. The molecule has 2 aromatic rings. The number of hydrogen-bond donors (Lipinski definition) is 1. The third kappa shape index (κ3) is 1.38. The Morgan fingerprint density at radius 1 is 1.29 bits per heavy atom. The van der Waals surface area contributed by atoms with Crippen molar-refractivity contribution in [3.05, 3.63) is 33.9 Å². The molecule has 1 heterocycles. The topological polar surface area (TPSA) is 33.1 Å². The van der Waals surface area contributed by atoms with Crippen LogP contribution < -0.4 is 0 Å². The van der Waals surface area contributed by atoms with E-state index in [2.05, 4.69) is 20.9 Å². The van der Waals surface area contributed by atoms with Gasteiger partial charge < -0.3 is 5.11 Å². The first-order chi connectivity index (χ1) is 6.59. The van der Waals surface area contributed by atoms with Crippen LogP contribution in [-0.4, -0.2) is 10.1 Å². The Hall–Kier alpha value is -1.09. The van der Waals surface area contributed by atoms with E-state index in [1.54, 1.807) is 6.07 Å². The van der Waals surface area contributed by atoms with Crippen LogP contribution in [-0.2, 0) is 0 Å². The number of fused-ring (bicyclic) bond motifs is 1. The molecule has 2 nitrogen and oxygen atoms in total. The summed E-state index contributed by atoms with van der Waals surface area (Å²) in [6, 6.07) is 5.49. The molecular formula is C11H10BrNO. The molecule has 0 aliphatic heterocycles. The lowest BCUT2D eigenvalue weighted by Crippen LogP contribution is -1.88. The number of pyridine rings is 1. The highest BCUT2D eigenvalue weighted by molar-refractivity contribution is 9.10. The van der Waals surface area contributed by atoms with E-state index in [4.69, 9.17) is 0 Å².